The van der Waals surface area contributed by atoms with Crippen molar-refractivity contribution in [1.82, 2.24) is 9.88 Å². The van der Waals surface area contributed by atoms with Crippen LogP contribution in [-0.2, 0) is 4.74 Å². The van der Waals surface area contributed by atoms with E-state index in [4.69, 9.17) is 4.74 Å². The summed E-state index contributed by atoms with van der Waals surface area (Å²) >= 11 is 0. The highest BCUT2D eigenvalue weighted by molar-refractivity contribution is 5.94. The van der Waals surface area contributed by atoms with Crippen LogP contribution in [-0.4, -0.2) is 48.1 Å². The highest BCUT2D eigenvalue weighted by Gasteiger charge is 2.22. The van der Waals surface area contributed by atoms with Crippen LogP contribution in [0.4, 0.5) is 5.69 Å². The van der Waals surface area contributed by atoms with E-state index in [2.05, 4.69) is 17.2 Å². The predicted molar refractivity (Wildman–Crippen MR) is 86.0 cm³/mol. The molecule has 0 aromatic carbocycles. The summed E-state index contributed by atoms with van der Waals surface area (Å²) in [7, 11) is 0. The van der Waals surface area contributed by atoms with Gasteiger partial charge in [0.05, 0.1) is 17.4 Å². The summed E-state index contributed by atoms with van der Waals surface area (Å²) in [4.78, 5) is 18.8. The fourth-order valence-electron chi connectivity index (χ4n) is 3.25. The summed E-state index contributed by atoms with van der Waals surface area (Å²) in [6.45, 7) is 5.55. The third-order valence-corrected chi connectivity index (χ3v) is 4.49. The van der Waals surface area contributed by atoms with Gasteiger partial charge >= 0.3 is 0 Å². The Kier molecular flexibility index (Phi) is 4.93. The molecule has 22 heavy (non-hydrogen) atoms. The fraction of sp³-hybridized carbons (Fsp3) is 0.647. The molecule has 5 heteroatoms. The Labute approximate surface area is 132 Å². The van der Waals surface area contributed by atoms with Crippen LogP contribution in [0.25, 0.3) is 0 Å². The second-order valence-electron chi connectivity index (χ2n) is 6.48. The number of likely N-dealkylation sites (tertiary alicyclic amines) is 1. The zero-order valence-electron chi connectivity index (χ0n) is 13.3. The quantitative estimate of drug-likeness (QED) is 0.929. The summed E-state index contributed by atoms with van der Waals surface area (Å²) in [5.41, 5.74) is 1.57. The molecular weight excluding hydrogens is 278 g/mol. The number of anilines is 1. The topological polar surface area (TPSA) is 54.5 Å². The van der Waals surface area contributed by atoms with Crippen molar-refractivity contribution in [2.45, 2.75) is 38.7 Å². The van der Waals surface area contributed by atoms with Crippen molar-refractivity contribution < 1.29 is 9.53 Å². The maximum atomic E-state index is 12.6. The van der Waals surface area contributed by atoms with E-state index >= 15 is 0 Å². The lowest BCUT2D eigenvalue weighted by atomic mass is 10.00. The molecule has 2 aliphatic heterocycles. The SMILES string of the molecule is CC1CCCN(C(=O)c2cncc(NCC3CCCO3)c2)C1. The number of nitrogens with zero attached hydrogens (tertiary/aromatic N) is 2. The van der Waals surface area contributed by atoms with Gasteiger partial charge in [-0.25, -0.2) is 0 Å². The van der Waals surface area contributed by atoms with Gasteiger partial charge in [0.25, 0.3) is 5.91 Å². The summed E-state index contributed by atoms with van der Waals surface area (Å²) in [6, 6.07) is 1.91. The van der Waals surface area contributed by atoms with Gasteiger partial charge in [-0.05, 0) is 37.7 Å². The van der Waals surface area contributed by atoms with Crippen molar-refractivity contribution in [2.75, 3.05) is 31.6 Å². The molecule has 120 valence electrons. The number of aromatic nitrogens is 1. The first-order chi connectivity index (χ1) is 10.7. The van der Waals surface area contributed by atoms with Gasteiger partial charge in [0.2, 0.25) is 0 Å². The van der Waals surface area contributed by atoms with E-state index in [1.165, 1.54) is 6.42 Å². The van der Waals surface area contributed by atoms with Crippen LogP contribution in [0.2, 0.25) is 0 Å². The molecule has 0 aliphatic carbocycles. The van der Waals surface area contributed by atoms with Crippen LogP contribution in [0, 0.1) is 5.92 Å². The molecule has 1 aromatic rings. The molecule has 2 aliphatic rings. The zero-order chi connectivity index (χ0) is 15.4. The molecule has 1 N–H and O–H groups in total. The maximum Gasteiger partial charge on any atom is 0.255 e. The summed E-state index contributed by atoms with van der Waals surface area (Å²) in [6.07, 6.45) is 8.26. The number of pyridine rings is 1. The van der Waals surface area contributed by atoms with E-state index in [0.29, 0.717) is 11.5 Å². The third-order valence-electron chi connectivity index (χ3n) is 4.49. The van der Waals surface area contributed by atoms with E-state index in [1.807, 2.05) is 11.0 Å². The Hall–Kier alpha value is -1.62. The first kappa shape index (κ1) is 15.3. The van der Waals surface area contributed by atoms with Crippen molar-refractivity contribution in [3.8, 4) is 0 Å². The van der Waals surface area contributed by atoms with Gasteiger partial charge < -0.3 is 15.0 Å². The van der Waals surface area contributed by atoms with Gasteiger partial charge in [-0.2, -0.15) is 0 Å². The molecule has 2 fully saturated rings. The molecule has 3 rings (SSSR count). The van der Waals surface area contributed by atoms with Gasteiger partial charge in [-0.3, -0.25) is 9.78 Å². The number of carbonyl (C=O) groups excluding carboxylic acids is 1. The van der Waals surface area contributed by atoms with Gasteiger partial charge in [0, 0.05) is 38.6 Å². The van der Waals surface area contributed by atoms with Crippen LogP contribution >= 0.6 is 0 Å². The fourth-order valence-corrected chi connectivity index (χ4v) is 3.25. The largest absolute Gasteiger partial charge is 0.381 e. The first-order valence-corrected chi connectivity index (χ1v) is 8.32. The van der Waals surface area contributed by atoms with Crippen LogP contribution in [0.1, 0.15) is 43.0 Å². The second kappa shape index (κ2) is 7.09. The molecule has 3 heterocycles. The first-order valence-electron chi connectivity index (χ1n) is 8.32. The minimum Gasteiger partial charge on any atom is -0.381 e. The van der Waals surface area contributed by atoms with Gasteiger partial charge in [0.1, 0.15) is 0 Å². The van der Waals surface area contributed by atoms with Crippen molar-refractivity contribution >= 4 is 11.6 Å². The Morgan fingerprint density at radius 2 is 2.32 bits per heavy atom. The Morgan fingerprint density at radius 3 is 3.09 bits per heavy atom. The zero-order valence-corrected chi connectivity index (χ0v) is 13.3. The molecule has 2 atom stereocenters. The van der Waals surface area contributed by atoms with E-state index < -0.39 is 0 Å². The third kappa shape index (κ3) is 3.77. The van der Waals surface area contributed by atoms with Gasteiger partial charge in [0.15, 0.2) is 0 Å². The van der Waals surface area contributed by atoms with E-state index in [0.717, 1.165) is 51.2 Å². The number of ether oxygens (including phenoxy) is 1. The minimum absolute atomic E-state index is 0.0971. The van der Waals surface area contributed by atoms with E-state index in [1.54, 1.807) is 12.4 Å². The molecule has 2 unspecified atom stereocenters. The average molecular weight is 303 g/mol. The number of carbonyl (C=O) groups is 1. The molecule has 2 saturated heterocycles. The lowest BCUT2D eigenvalue weighted by Gasteiger charge is -2.31. The lowest BCUT2D eigenvalue weighted by Crippen LogP contribution is -2.39. The molecule has 0 radical (unpaired) electrons. The number of hydrogen-bond donors (Lipinski definition) is 1. The number of nitrogens with one attached hydrogen (secondary N) is 1. The molecular formula is C17H25N3O2. The van der Waals surface area contributed by atoms with Crippen molar-refractivity contribution in [2.24, 2.45) is 5.92 Å². The predicted octanol–water partition coefficient (Wildman–Crippen LogP) is 2.54. The van der Waals surface area contributed by atoms with Crippen LogP contribution < -0.4 is 5.32 Å². The average Bonchev–Trinajstić information content (AvgIpc) is 3.06. The maximum absolute atomic E-state index is 12.6. The van der Waals surface area contributed by atoms with Crippen molar-refractivity contribution in [3.05, 3.63) is 24.0 Å². The van der Waals surface area contributed by atoms with Gasteiger partial charge in [-0.15, -0.1) is 0 Å². The summed E-state index contributed by atoms with van der Waals surface area (Å²) in [5, 5.41) is 3.34. The van der Waals surface area contributed by atoms with Gasteiger partial charge in [-0.1, -0.05) is 6.92 Å². The summed E-state index contributed by atoms with van der Waals surface area (Å²) in [5.74, 6) is 0.686. The highest BCUT2D eigenvalue weighted by atomic mass is 16.5. The Bertz CT molecular complexity index is 514. The van der Waals surface area contributed by atoms with Crippen LogP contribution in [0.5, 0.6) is 0 Å². The monoisotopic (exact) mass is 303 g/mol. The van der Waals surface area contributed by atoms with E-state index in [-0.39, 0.29) is 12.0 Å². The highest BCUT2D eigenvalue weighted by Crippen LogP contribution is 2.19. The Morgan fingerprint density at radius 1 is 1.41 bits per heavy atom. The van der Waals surface area contributed by atoms with Crippen molar-refractivity contribution in [3.63, 3.8) is 0 Å². The van der Waals surface area contributed by atoms with Crippen LogP contribution in [0.15, 0.2) is 18.5 Å². The Balaban J connectivity index is 1.61. The van der Waals surface area contributed by atoms with Crippen LogP contribution in [0.3, 0.4) is 0 Å². The standard InChI is InChI=1S/C17H25N3O2/c1-13-4-2-6-20(12-13)17(21)14-8-15(10-18-9-14)19-11-16-5-3-7-22-16/h8-10,13,16,19H,2-7,11-12H2,1H3. The molecule has 1 aromatic heterocycles. The number of rotatable bonds is 4. The normalized spacial score (nSPS) is 25.2. The van der Waals surface area contributed by atoms with E-state index in [9.17, 15) is 4.79 Å². The molecule has 0 saturated carbocycles. The lowest BCUT2D eigenvalue weighted by molar-refractivity contribution is 0.0682. The second-order valence-corrected chi connectivity index (χ2v) is 6.48. The number of hydrogen-bond acceptors (Lipinski definition) is 4. The molecule has 1 amide bonds. The smallest absolute Gasteiger partial charge is 0.255 e. The molecule has 0 spiro atoms. The van der Waals surface area contributed by atoms with Crippen molar-refractivity contribution in [1.29, 1.82) is 0 Å². The minimum atomic E-state index is 0.0971. The summed E-state index contributed by atoms with van der Waals surface area (Å²) < 4.78 is 5.60. The molecule has 0 bridgehead atoms. The number of piperidine rings is 1. The number of amides is 1. The molecule has 5 nitrogen and oxygen atoms in total.